The van der Waals surface area contributed by atoms with Crippen molar-refractivity contribution in [1.82, 2.24) is 0 Å². The van der Waals surface area contributed by atoms with Crippen molar-refractivity contribution in [3.63, 3.8) is 0 Å². The molecular formula is C20H38O. The Bertz CT molecular complexity index is 247. The van der Waals surface area contributed by atoms with Crippen molar-refractivity contribution in [3.8, 4) is 0 Å². The molecular weight excluding hydrogens is 256 g/mol. The molecule has 0 aliphatic heterocycles. The van der Waals surface area contributed by atoms with E-state index >= 15 is 0 Å². The standard InChI is InChI=1S/C20H38O/c1-3-4-5-6-17-7-9-18(10-8-17)11-12-19-13-15-20(21-2)16-14-19/h17-20H,3-16H2,1-2H3. The van der Waals surface area contributed by atoms with E-state index in [-0.39, 0.29) is 0 Å². The molecule has 2 rings (SSSR count). The highest BCUT2D eigenvalue weighted by atomic mass is 16.5. The molecule has 0 atom stereocenters. The number of hydrogen-bond acceptors (Lipinski definition) is 1. The van der Waals surface area contributed by atoms with Crippen LogP contribution in [-0.2, 0) is 4.74 Å². The minimum atomic E-state index is 0.569. The molecule has 2 aliphatic carbocycles. The molecule has 0 radical (unpaired) electrons. The molecule has 0 heterocycles. The Labute approximate surface area is 133 Å². The molecule has 0 N–H and O–H groups in total. The van der Waals surface area contributed by atoms with Gasteiger partial charge in [0, 0.05) is 7.11 Å². The quantitative estimate of drug-likeness (QED) is 0.473. The molecule has 1 nitrogen and oxygen atoms in total. The van der Waals surface area contributed by atoms with Crippen LogP contribution in [0, 0.1) is 17.8 Å². The fourth-order valence-electron chi connectivity index (χ4n) is 4.62. The van der Waals surface area contributed by atoms with Crippen LogP contribution in [0.5, 0.6) is 0 Å². The predicted octanol–water partition coefficient (Wildman–Crippen LogP) is 6.36. The van der Waals surface area contributed by atoms with Crippen molar-refractivity contribution in [2.75, 3.05) is 7.11 Å². The summed E-state index contributed by atoms with van der Waals surface area (Å²) in [5.74, 6) is 3.15. The first-order valence-corrected chi connectivity index (χ1v) is 9.84. The molecule has 0 aromatic carbocycles. The summed E-state index contributed by atoms with van der Waals surface area (Å²) in [6, 6.07) is 0. The highest BCUT2D eigenvalue weighted by Gasteiger charge is 2.24. The maximum absolute atomic E-state index is 5.49. The zero-order chi connectivity index (χ0) is 14.9. The Hall–Kier alpha value is -0.0400. The summed E-state index contributed by atoms with van der Waals surface area (Å²) in [6.45, 7) is 2.32. The van der Waals surface area contributed by atoms with Gasteiger partial charge in [-0.2, -0.15) is 0 Å². The highest BCUT2D eigenvalue weighted by molar-refractivity contribution is 4.76. The Balaban J connectivity index is 1.53. The number of hydrogen-bond donors (Lipinski definition) is 0. The van der Waals surface area contributed by atoms with Crippen molar-refractivity contribution in [2.45, 2.75) is 103 Å². The van der Waals surface area contributed by atoms with Crippen LogP contribution in [0.3, 0.4) is 0 Å². The molecule has 0 aromatic heterocycles. The van der Waals surface area contributed by atoms with E-state index in [4.69, 9.17) is 4.74 Å². The van der Waals surface area contributed by atoms with Gasteiger partial charge in [-0.25, -0.2) is 0 Å². The van der Waals surface area contributed by atoms with Crippen LogP contribution in [0.25, 0.3) is 0 Å². The van der Waals surface area contributed by atoms with Crippen molar-refractivity contribution in [3.05, 3.63) is 0 Å². The Morgan fingerprint density at radius 3 is 1.62 bits per heavy atom. The average Bonchev–Trinajstić information content (AvgIpc) is 2.55. The van der Waals surface area contributed by atoms with Gasteiger partial charge in [-0.15, -0.1) is 0 Å². The minimum absolute atomic E-state index is 0.569. The fourth-order valence-corrected chi connectivity index (χ4v) is 4.62. The molecule has 124 valence electrons. The van der Waals surface area contributed by atoms with Gasteiger partial charge in [-0.05, 0) is 43.4 Å². The molecule has 21 heavy (non-hydrogen) atoms. The van der Waals surface area contributed by atoms with Gasteiger partial charge in [-0.3, -0.25) is 0 Å². The number of methoxy groups -OCH3 is 1. The summed E-state index contributed by atoms with van der Waals surface area (Å²) in [6.07, 6.45) is 21.0. The fraction of sp³-hybridized carbons (Fsp3) is 1.00. The van der Waals surface area contributed by atoms with E-state index in [0.29, 0.717) is 6.10 Å². The van der Waals surface area contributed by atoms with Crippen molar-refractivity contribution < 1.29 is 4.74 Å². The van der Waals surface area contributed by atoms with E-state index in [1.165, 1.54) is 89.9 Å². The van der Waals surface area contributed by atoms with Crippen LogP contribution >= 0.6 is 0 Å². The lowest BCUT2D eigenvalue weighted by atomic mass is 9.76. The van der Waals surface area contributed by atoms with Crippen molar-refractivity contribution >= 4 is 0 Å². The molecule has 0 amide bonds. The second-order valence-electron chi connectivity index (χ2n) is 7.84. The van der Waals surface area contributed by atoms with E-state index in [2.05, 4.69) is 6.92 Å². The number of rotatable bonds is 8. The molecule has 0 bridgehead atoms. The molecule has 0 unspecified atom stereocenters. The minimum Gasteiger partial charge on any atom is -0.381 e. The largest absolute Gasteiger partial charge is 0.381 e. The lowest BCUT2D eigenvalue weighted by Crippen LogP contribution is -2.21. The van der Waals surface area contributed by atoms with Crippen molar-refractivity contribution in [1.29, 1.82) is 0 Å². The zero-order valence-electron chi connectivity index (χ0n) is 14.6. The van der Waals surface area contributed by atoms with Crippen LogP contribution in [0.2, 0.25) is 0 Å². The molecule has 1 heteroatoms. The summed E-state index contributed by atoms with van der Waals surface area (Å²) in [7, 11) is 1.88. The summed E-state index contributed by atoms with van der Waals surface area (Å²) in [5.41, 5.74) is 0. The summed E-state index contributed by atoms with van der Waals surface area (Å²) in [5, 5.41) is 0. The van der Waals surface area contributed by atoms with Crippen molar-refractivity contribution in [2.24, 2.45) is 17.8 Å². The van der Waals surface area contributed by atoms with E-state index in [1.807, 2.05) is 7.11 Å². The zero-order valence-corrected chi connectivity index (χ0v) is 14.6. The van der Waals surface area contributed by atoms with E-state index in [0.717, 1.165) is 17.8 Å². The highest BCUT2D eigenvalue weighted by Crippen LogP contribution is 2.37. The first-order chi connectivity index (χ1) is 10.3. The van der Waals surface area contributed by atoms with Gasteiger partial charge < -0.3 is 4.74 Å². The van der Waals surface area contributed by atoms with Gasteiger partial charge in [-0.1, -0.05) is 71.1 Å². The summed E-state index contributed by atoms with van der Waals surface area (Å²) in [4.78, 5) is 0. The Morgan fingerprint density at radius 1 is 0.667 bits per heavy atom. The van der Waals surface area contributed by atoms with Crippen LogP contribution in [0.15, 0.2) is 0 Å². The van der Waals surface area contributed by atoms with E-state index < -0.39 is 0 Å². The topological polar surface area (TPSA) is 9.23 Å². The van der Waals surface area contributed by atoms with Gasteiger partial charge in [0.05, 0.1) is 6.10 Å². The van der Waals surface area contributed by atoms with Gasteiger partial charge in [0.25, 0.3) is 0 Å². The van der Waals surface area contributed by atoms with Crippen LogP contribution in [-0.4, -0.2) is 13.2 Å². The van der Waals surface area contributed by atoms with Crippen LogP contribution < -0.4 is 0 Å². The van der Waals surface area contributed by atoms with Gasteiger partial charge in [0.15, 0.2) is 0 Å². The summed E-state index contributed by atoms with van der Waals surface area (Å²) < 4.78 is 5.49. The normalized spacial score (nSPS) is 34.0. The smallest absolute Gasteiger partial charge is 0.0571 e. The van der Waals surface area contributed by atoms with Crippen LogP contribution in [0.1, 0.15) is 96.8 Å². The maximum Gasteiger partial charge on any atom is 0.0571 e. The van der Waals surface area contributed by atoms with Crippen LogP contribution in [0.4, 0.5) is 0 Å². The predicted molar refractivity (Wildman–Crippen MR) is 91.6 cm³/mol. The first-order valence-electron chi connectivity index (χ1n) is 9.84. The lowest BCUT2D eigenvalue weighted by Gasteiger charge is -2.31. The third kappa shape index (κ3) is 6.30. The van der Waals surface area contributed by atoms with Gasteiger partial charge >= 0.3 is 0 Å². The third-order valence-corrected chi connectivity index (χ3v) is 6.29. The first kappa shape index (κ1) is 17.3. The molecule has 0 aromatic rings. The van der Waals surface area contributed by atoms with E-state index in [1.54, 1.807) is 0 Å². The number of unbranched alkanes of at least 4 members (excludes halogenated alkanes) is 2. The Morgan fingerprint density at radius 2 is 1.14 bits per heavy atom. The SMILES string of the molecule is CCCCCC1CCC(CCC2CCC(OC)CC2)CC1. The summed E-state index contributed by atoms with van der Waals surface area (Å²) >= 11 is 0. The molecule has 0 spiro atoms. The molecule has 0 saturated heterocycles. The molecule has 2 fully saturated rings. The Kier molecular flexibility index (Phi) is 8.14. The molecule has 2 aliphatic rings. The number of ether oxygens (including phenoxy) is 1. The van der Waals surface area contributed by atoms with Gasteiger partial charge in [0.2, 0.25) is 0 Å². The average molecular weight is 295 g/mol. The lowest BCUT2D eigenvalue weighted by molar-refractivity contribution is 0.0540. The monoisotopic (exact) mass is 294 g/mol. The second-order valence-corrected chi connectivity index (χ2v) is 7.84. The molecule has 2 saturated carbocycles. The second kappa shape index (κ2) is 9.87. The third-order valence-electron chi connectivity index (χ3n) is 6.29. The van der Waals surface area contributed by atoms with Gasteiger partial charge in [0.1, 0.15) is 0 Å². The maximum atomic E-state index is 5.49. The van der Waals surface area contributed by atoms with E-state index in [9.17, 15) is 0 Å².